The third kappa shape index (κ3) is 7.14. The second-order valence-corrected chi connectivity index (χ2v) is 14.4. The van der Waals surface area contributed by atoms with E-state index in [1.807, 2.05) is 0 Å². The molecular formula is C36H26N4O8S4. The largest absolute Gasteiger partial charge is 0.325 e. The minimum absolute atomic E-state index is 0.0261. The molecule has 4 aromatic rings. The Morgan fingerprint density at radius 3 is 1.13 bits per heavy atom. The zero-order valence-electron chi connectivity index (χ0n) is 26.7. The van der Waals surface area contributed by atoms with Gasteiger partial charge < -0.3 is 21.3 Å². The Hall–Kier alpha value is -5.16. The van der Waals surface area contributed by atoms with Crippen molar-refractivity contribution in [2.75, 3.05) is 44.3 Å². The highest BCUT2D eigenvalue weighted by atomic mass is 33.1. The van der Waals surface area contributed by atoms with Gasteiger partial charge in [-0.25, -0.2) is 0 Å². The molecule has 2 aliphatic rings. The van der Waals surface area contributed by atoms with E-state index in [9.17, 15) is 38.4 Å². The molecule has 0 aromatic heterocycles. The van der Waals surface area contributed by atoms with Crippen LogP contribution in [0.1, 0.15) is 63.7 Å². The molecular weight excluding hydrogens is 745 g/mol. The van der Waals surface area contributed by atoms with Crippen LogP contribution < -0.4 is 21.3 Å². The van der Waals surface area contributed by atoms with Crippen molar-refractivity contribution in [2.24, 2.45) is 0 Å². The fraction of sp³-hybridized carbons (Fsp3) is 0.111. The maximum Gasteiger partial charge on any atom is 0.235 e. The second kappa shape index (κ2) is 15.6. The predicted octanol–water partition coefficient (Wildman–Crippen LogP) is 4.93. The molecule has 0 saturated carbocycles. The van der Waals surface area contributed by atoms with Crippen molar-refractivity contribution in [1.82, 2.24) is 0 Å². The lowest BCUT2D eigenvalue weighted by molar-refractivity contribution is -0.114. The van der Waals surface area contributed by atoms with E-state index in [0.717, 1.165) is 21.6 Å². The summed E-state index contributed by atoms with van der Waals surface area (Å²) in [5.74, 6) is -4.44. The fourth-order valence-electron chi connectivity index (χ4n) is 5.82. The van der Waals surface area contributed by atoms with Crippen LogP contribution >= 0.6 is 46.8 Å². The molecule has 2 aliphatic carbocycles. The summed E-state index contributed by atoms with van der Waals surface area (Å²) in [5, 5.41) is 10.5. The van der Waals surface area contributed by atoms with Crippen molar-refractivity contribution in [1.29, 1.82) is 0 Å². The number of nitrogens with one attached hydrogen (secondary N) is 4. The van der Waals surface area contributed by atoms with Gasteiger partial charge in [-0.05, 0) is 24.3 Å². The Morgan fingerprint density at radius 1 is 0.423 bits per heavy atom. The van der Waals surface area contributed by atoms with E-state index < -0.39 is 46.8 Å². The first-order chi connectivity index (χ1) is 25.0. The van der Waals surface area contributed by atoms with Crippen LogP contribution in [0.4, 0.5) is 22.7 Å². The van der Waals surface area contributed by atoms with Crippen LogP contribution in [0, 0.1) is 0 Å². The van der Waals surface area contributed by atoms with Gasteiger partial charge in [-0.1, -0.05) is 70.1 Å². The minimum Gasteiger partial charge on any atom is -0.325 e. The highest BCUT2D eigenvalue weighted by Gasteiger charge is 2.36. The SMILES string of the molecule is O=C(CS)Nc1cccc2c1C(=O)c1cccc(NC(=O)CSSCC(=O)Nc3ccc(NC(=O)CS)c4c3C(=O)c3ccccc3C4=O)c1C2=O. The topological polar surface area (TPSA) is 185 Å². The Morgan fingerprint density at radius 2 is 0.750 bits per heavy atom. The number of fused-ring (bicyclic) bond motifs is 4. The van der Waals surface area contributed by atoms with E-state index in [1.165, 1.54) is 54.6 Å². The molecule has 0 bridgehead atoms. The average Bonchev–Trinajstić information content (AvgIpc) is 3.14. The van der Waals surface area contributed by atoms with E-state index in [-0.39, 0.29) is 90.3 Å². The first-order valence-corrected chi connectivity index (χ1v) is 19.2. The predicted molar refractivity (Wildman–Crippen MR) is 207 cm³/mol. The van der Waals surface area contributed by atoms with Gasteiger partial charge in [-0.3, -0.25) is 38.4 Å². The Kier molecular flexibility index (Phi) is 11.0. The van der Waals surface area contributed by atoms with Crippen molar-refractivity contribution < 1.29 is 38.4 Å². The van der Waals surface area contributed by atoms with Crippen LogP contribution in [0.15, 0.2) is 72.8 Å². The van der Waals surface area contributed by atoms with E-state index in [4.69, 9.17) is 0 Å². The zero-order chi connectivity index (χ0) is 37.1. The Bertz CT molecular complexity index is 2260. The number of amides is 4. The summed E-state index contributed by atoms with van der Waals surface area (Å²) in [6, 6.07) is 18.2. The van der Waals surface area contributed by atoms with Crippen LogP contribution in [-0.2, 0) is 19.2 Å². The highest BCUT2D eigenvalue weighted by molar-refractivity contribution is 8.77. The van der Waals surface area contributed by atoms with E-state index in [0.29, 0.717) is 0 Å². The number of carbonyl (C=O) groups is 8. The third-order valence-electron chi connectivity index (χ3n) is 8.00. The number of ketones is 4. The summed E-state index contributed by atoms with van der Waals surface area (Å²) in [6.07, 6.45) is 0. The quantitative estimate of drug-likeness (QED) is 0.0600. The molecule has 12 nitrogen and oxygen atoms in total. The molecule has 4 N–H and O–H groups in total. The van der Waals surface area contributed by atoms with E-state index in [1.54, 1.807) is 18.2 Å². The molecule has 262 valence electrons. The van der Waals surface area contributed by atoms with Crippen LogP contribution in [0.2, 0.25) is 0 Å². The smallest absolute Gasteiger partial charge is 0.235 e. The number of anilines is 4. The van der Waals surface area contributed by atoms with Crippen molar-refractivity contribution in [3.8, 4) is 0 Å². The number of hydrogen-bond acceptors (Lipinski definition) is 12. The van der Waals surface area contributed by atoms with Crippen molar-refractivity contribution in [3.63, 3.8) is 0 Å². The molecule has 6 rings (SSSR count). The van der Waals surface area contributed by atoms with Gasteiger partial charge in [0.05, 0.1) is 68.0 Å². The Balaban J connectivity index is 1.10. The van der Waals surface area contributed by atoms with E-state index in [2.05, 4.69) is 46.5 Å². The molecule has 0 atom stereocenters. The van der Waals surface area contributed by atoms with Gasteiger partial charge in [0.1, 0.15) is 0 Å². The maximum atomic E-state index is 13.6. The average molecular weight is 771 g/mol. The molecule has 0 unspecified atom stereocenters. The number of carbonyl (C=O) groups excluding carboxylic acids is 8. The van der Waals surface area contributed by atoms with Gasteiger partial charge in [-0.15, -0.1) is 0 Å². The van der Waals surface area contributed by atoms with Crippen molar-refractivity contribution in [2.45, 2.75) is 0 Å². The number of benzene rings is 4. The number of hydrogen-bond donors (Lipinski definition) is 6. The molecule has 16 heteroatoms. The van der Waals surface area contributed by atoms with Crippen LogP contribution in [0.25, 0.3) is 0 Å². The van der Waals surface area contributed by atoms with Gasteiger partial charge in [-0.2, -0.15) is 25.3 Å². The lowest BCUT2D eigenvalue weighted by Crippen LogP contribution is -2.27. The molecule has 0 aliphatic heterocycles. The molecule has 4 aromatic carbocycles. The molecule has 0 heterocycles. The number of rotatable bonds is 11. The third-order valence-corrected chi connectivity index (χ3v) is 10.7. The van der Waals surface area contributed by atoms with Crippen LogP contribution in [0.3, 0.4) is 0 Å². The summed E-state index contributed by atoms with van der Waals surface area (Å²) in [7, 11) is 2.11. The van der Waals surface area contributed by atoms with Crippen molar-refractivity contribution in [3.05, 3.63) is 117 Å². The molecule has 4 amide bonds. The molecule has 52 heavy (non-hydrogen) atoms. The maximum absolute atomic E-state index is 13.6. The van der Waals surface area contributed by atoms with Gasteiger partial charge in [0.15, 0.2) is 23.1 Å². The standard InChI is InChI=1S/C36H26N4O8S4/c41-25(13-49)37-21-9-3-7-19-29(21)35(47)20-8-4-10-22(30(20)36(19)48)39-27(43)15-51-52-16-28(44)40-24-12-11-23(38-26(42)14-50)31-32(24)34(46)18-6-2-1-5-17(18)33(31)45/h1-12,49-50H,13-16H2,(H,37,41)(H,38,42)(H,39,43)(H,40,44). The summed E-state index contributed by atoms with van der Waals surface area (Å²) >= 11 is 7.91. The molecule has 0 saturated heterocycles. The number of thiol groups is 2. The highest BCUT2D eigenvalue weighted by Crippen LogP contribution is 2.38. The van der Waals surface area contributed by atoms with Crippen LogP contribution in [0.5, 0.6) is 0 Å². The normalized spacial score (nSPS) is 12.6. The second-order valence-electron chi connectivity index (χ2n) is 11.3. The summed E-state index contributed by atoms with van der Waals surface area (Å²) in [6.45, 7) is 0. The van der Waals surface area contributed by atoms with Gasteiger partial charge >= 0.3 is 0 Å². The first kappa shape index (κ1) is 36.6. The summed E-state index contributed by atoms with van der Waals surface area (Å²) in [4.78, 5) is 104. The zero-order valence-corrected chi connectivity index (χ0v) is 30.2. The van der Waals surface area contributed by atoms with Crippen molar-refractivity contribution >= 4 is 116 Å². The molecule has 0 fully saturated rings. The first-order valence-electron chi connectivity index (χ1n) is 15.4. The Labute approximate surface area is 314 Å². The van der Waals surface area contributed by atoms with Gasteiger partial charge in [0.2, 0.25) is 23.6 Å². The summed E-state index contributed by atoms with van der Waals surface area (Å²) in [5.41, 5.74) is 1.03. The lowest BCUT2D eigenvalue weighted by Gasteiger charge is -2.23. The molecule has 0 radical (unpaired) electrons. The van der Waals surface area contributed by atoms with Crippen LogP contribution in [-0.4, -0.2) is 69.8 Å². The monoisotopic (exact) mass is 770 g/mol. The van der Waals surface area contributed by atoms with Gasteiger partial charge in [0, 0.05) is 22.3 Å². The minimum atomic E-state index is -0.517. The van der Waals surface area contributed by atoms with E-state index >= 15 is 0 Å². The summed E-state index contributed by atoms with van der Waals surface area (Å²) < 4.78 is 0. The fourth-order valence-corrected chi connectivity index (χ4v) is 7.65. The van der Waals surface area contributed by atoms with Gasteiger partial charge in [0.25, 0.3) is 0 Å². The lowest BCUT2D eigenvalue weighted by atomic mass is 9.82. The molecule has 0 spiro atoms.